The number of carbonyl (C=O) groups excluding carboxylic acids is 1. The first-order valence-corrected chi connectivity index (χ1v) is 7.26. The summed E-state index contributed by atoms with van der Waals surface area (Å²) in [6.45, 7) is 4.55. The number of esters is 1. The largest absolute Gasteiger partial charge is 0.466 e. The van der Waals surface area contributed by atoms with Crippen molar-refractivity contribution in [2.75, 3.05) is 6.61 Å². The van der Waals surface area contributed by atoms with Crippen LogP contribution in [-0.4, -0.2) is 12.6 Å². The summed E-state index contributed by atoms with van der Waals surface area (Å²) < 4.78 is 4.86. The number of rotatable bonds is 11. The van der Waals surface area contributed by atoms with E-state index >= 15 is 0 Å². The lowest BCUT2D eigenvalue weighted by molar-refractivity contribution is -0.143. The third-order valence-corrected chi connectivity index (χ3v) is 2.64. The maximum absolute atomic E-state index is 11.0. The summed E-state index contributed by atoms with van der Waals surface area (Å²) >= 11 is 0. The molecule has 0 N–H and O–H groups in total. The van der Waals surface area contributed by atoms with E-state index in [1.807, 2.05) is 6.92 Å². The maximum atomic E-state index is 11.0. The first-order chi connectivity index (χ1) is 8.81. The molecule has 0 aliphatic rings. The molecule has 0 saturated carbocycles. The van der Waals surface area contributed by atoms with Crippen LogP contribution in [0.1, 0.15) is 65.2 Å². The molecule has 18 heavy (non-hydrogen) atoms. The van der Waals surface area contributed by atoms with Crippen molar-refractivity contribution < 1.29 is 9.53 Å². The topological polar surface area (TPSA) is 26.3 Å². The number of unbranched alkanes of at least 4 members (excludes halogenated alkanes) is 4. The van der Waals surface area contributed by atoms with Crippen LogP contribution in [0.15, 0.2) is 24.3 Å². The number of carbonyl (C=O) groups is 1. The molecule has 2 heteroatoms. The predicted octanol–water partition coefficient (Wildman–Crippen LogP) is 4.80. The maximum Gasteiger partial charge on any atom is 0.305 e. The van der Waals surface area contributed by atoms with Gasteiger partial charge in [-0.1, -0.05) is 44.1 Å². The van der Waals surface area contributed by atoms with Crippen molar-refractivity contribution in [1.29, 1.82) is 0 Å². The van der Waals surface area contributed by atoms with Crippen LogP contribution in [0.3, 0.4) is 0 Å². The fourth-order valence-corrected chi connectivity index (χ4v) is 1.62. The van der Waals surface area contributed by atoms with E-state index in [0.29, 0.717) is 13.0 Å². The Kier molecular flexibility index (Phi) is 13.2. The van der Waals surface area contributed by atoms with Crippen molar-refractivity contribution in [3.8, 4) is 0 Å². The van der Waals surface area contributed by atoms with Crippen LogP contribution in [0.4, 0.5) is 0 Å². The Balaban J connectivity index is 3.30. The molecule has 0 unspecified atom stereocenters. The monoisotopic (exact) mass is 252 g/mol. The second-order valence-corrected chi connectivity index (χ2v) is 4.37. The van der Waals surface area contributed by atoms with Gasteiger partial charge in [0.15, 0.2) is 0 Å². The molecule has 2 nitrogen and oxygen atoms in total. The van der Waals surface area contributed by atoms with E-state index in [0.717, 1.165) is 19.3 Å². The molecular formula is C16H28O2. The Labute approximate surface area is 112 Å². The molecule has 0 heterocycles. The third-order valence-electron chi connectivity index (χ3n) is 2.64. The zero-order valence-corrected chi connectivity index (χ0v) is 12.0. The molecule has 0 aromatic heterocycles. The van der Waals surface area contributed by atoms with Gasteiger partial charge in [0.25, 0.3) is 0 Å². The highest BCUT2D eigenvalue weighted by Gasteiger charge is 1.98. The first-order valence-electron chi connectivity index (χ1n) is 7.26. The fraction of sp³-hybridized carbons (Fsp3) is 0.688. The highest BCUT2D eigenvalue weighted by atomic mass is 16.5. The summed E-state index contributed by atoms with van der Waals surface area (Å²) in [4.78, 5) is 11.0. The highest BCUT2D eigenvalue weighted by Crippen LogP contribution is 2.02. The molecule has 0 aliphatic heterocycles. The Morgan fingerprint density at radius 2 is 1.61 bits per heavy atom. The van der Waals surface area contributed by atoms with Gasteiger partial charge in [0.05, 0.1) is 6.61 Å². The van der Waals surface area contributed by atoms with Crippen LogP contribution in [0.2, 0.25) is 0 Å². The number of ether oxygens (including phenoxy) is 1. The lowest BCUT2D eigenvalue weighted by Gasteiger charge is -1.98. The number of allylic oxidation sites excluding steroid dienone is 4. The predicted molar refractivity (Wildman–Crippen MR) is 77.5 cm³/mol. The van der Waals surface area contributed by atoms with Crippen molar-refractivity contribution in [2.45, 2.75) is 65.2 Å². The third kappa shape index (κ3) is 13.0. The van der Waals surface area contributed by atoms with Gasteiger partial charge in [-0.3, -0.25) is 4.79 Å². The minimum absolute atomic E-state index is 0.0817. The highest BCUT2D eigenvalue weighted by molar-refractivity contribution is 5.69. The average Bonchev–Trinajstić information content (AvgIpc) is 2.36. The molecule has 0 aromatic carbocycles. The summed E-state index contributed by atoms with van der Waals surface area (Å²) in [7, 11) is 0. The molecule has 0 rings (SSSR count). The van der Waals surface area contributed by atoms with E-state index in [1.165, 1.54) is 25.7 Å². The molecule has 0 saturated heterocycles. The van der Waals surface area contributed by atoms with E-state index in [2.05, 4.69) is 31.2 Å². The average molecular weight is 252 g/mol. The van der Waals surface area contributed by atoms with E-state index in [4.69, 9.17) is 4.74 Å². The van der Waals surface area contributed by atoms with Gasteiger partial charge in [0.2, 0.25) is 0 Å². The number of hydrogen-bond acceptors (Lipinski definition) is 2. The molecule has 104 valence electrons. The zero-order valence-electron chi connectivity index (χ0n) is 12.0. The van der Waals surface area contributed by atoms with E-state index in [-0.39, 0.29) is 5.97 Å². The van der Waals surface area contributed by atoms with Gasteiger partial charge >= 0.3 is 5.97 Å². The molecule has 0 amide bonds. The lowest BCUT2D eigenvalue weighted by Crippen LogP contribution is -2.02. The van der Waals surface area contributed by atoms with Crippen molar-refractivity contribution in [3.63, 3.8) is 0 Å². The van der Waals surface area contributed by atoms with Gasteiger partial charge in [-0.05, 0) is 39.0 Å². The van der Waals surface area contributed by atoms with Crippen LogP contribution in [-0.2, 0) is 9.53 Å². The summed E-state index contributed by atoms with van der Waals surface area (Å²) in [6.07, 6.45) is 17.3. The lowest BCUT2D eigenvalue weighted by atomic mass is 10.2. The first kappa shape index (κ1) is 16.9. The molecule has 0 spiro atoms. The van der Waals surface area contributed by atoms with Crippen LogP contribution in [0.25, 0.3) is 0 Å². The Hall–Kier alpha value is -1.05. The molecule has 0 aliphatic carbocycles. The van der Waals surface area contributed by atoms with Gasteiger partial charge in [-0.25, -0.2) is 0 Å². The van der Waals surface area contributed by atoms with Crippen molar-refractivity contribution in [1.82, 2.24) is 0 Å². The molecule has 0 aromatic rings. The van der Waals surface area contributed by atoms with Crippen molar-refractivity contribution in [2.24, 2.45) is 0 Å². The van der Waals surface area contributed by atoms with Crippen LogP contribution < -0.4 is 0 Å². The molecular weight excluding hydrogens is 224 g/mol. The van der Waals surface area contributed by atoms with Gasteiger partial charge in [-0.2, -0.15) is 0 Å². The normalized spacial score (nSPS) is 11.4. The second kappa shape index (κ2) is 14.0. The van der Waals surface area contributed by atoms with Gasteiger partial charge < -0.3 is 4.74 Å². The summed E-state index contributed by atoms with van der Waals surface area (Å²) in [6, 6.07) is 0. The molecule has 0 fully saturated rings. The van der Waals surface area contributed by atoms with Crippen LogP contribution in [0, 0.1) is 0 Å². The smallest absolute Gasteiger partial charge is 0.305 e. The summed E-state index contributed by atoms with van der Waals surface area (Å²) in [5.41, 5.74) is 0. The summed E-state index contributed by atoms with van der Waals surface area (Å²) in [5.74, 6) is -0.0817. The standard InChI is InChI=1S/C16H28O2/c1-3-5-6-7-8-9-10-11-12-13-14-15-16(17)18-4-2/h8-9,11-12H,3-7,10,13-15H2,1-2H3. The van der Waals surface area contributed by atoms with Crippen molar-refractivity contribution >= 4 is 5.97 Å². The van der Waals surface area contributed by atoms with Crippen LogP contribution in [0.5, 0.6) is 0 Å². The minimum Gasteiger partial charge on any atom is -0.466 e. The fourth-order valence-electron chi connectivity index (χ4n) is 1.62. The molecule has 0 bridgehead atoms. The molecule has 0 atom stereocenters. The second-order valence-electron chi connectivity index (χ2n) is 4.37. The zero-order chi connectivity index (χ0) is 13.5. The van der Waals surface area contributed by atoms with Gasteiger partial charge in [0.1, 0.15) is 0 Å². The Morgan fingerprint density at radius 3 is 2.22 bits per heavy atom. The Morgan fingerprint density at radius 1 is 0.944 bits per heavy atom. The quantitative estimate of drug-likeness (QED) is 0.300. The Bertz CT molecular complexity index is 241. The van der Waals surface area contributed by atoms with Gasteiger partial charge in [0, 0.05) is 6.42 Å². The summed E-state index contributed by atoms with van der Waals surface area (Å²) in [5, 5.41) is 0. The molecule has 0 radical (unpaired) electrons. The van der Waals surface area contributed by atoms with Crippen molar-refractivity contribution in [3.05, 3.63) is 24.3 Å². The van der Waals surface area contributed by atoms with E-state index in [1.54, 1.807) is 0 Å². The minimum atomic E-state index is -0.0817. The number of hydrogen-bond donors (Lipinski definition) is 0. The van der Waals surface area contributed by atoms with E-state index < -0.39 is 0 Å². The van der Waals surface area contributed by atoms with E-state index in [9.17, 15) is 4.79 Å². The van der Waals surface area contributed by atoms with Crippen LogP contribution >= 0.6 is 0 Å². The SMILES string of the molecule is CCCCCC=CCC=CCCCC(=O)OCC. The van der Waals surface area contributed by atoms with Gasteiger partial charge in [-0.15, -0.1) is 0 Å².